The number of aromatic nitrogens is 5. The van der Waals surface area contributed by atoms with Crippen LogP contribution in [-0.4, -0.2) is 49.0 Å². The summed E-state index contributed by atoms with van der Waals surface area (Å²) in [5, 5.41) is 0. The lowest BCUT2D eigenvalue weighted by atomic mass is 9.75. The van der Waals surface area contributed by atoms with E-state index in [0.29, 0.717) is 29.7 Å². The fourth-order valence-electron chi connectivity index (χ4n) is 5.82. The molecule has 1 atom stereocenters. The van der Waals surface area contributed by atoms with Crippen LogP contribution >= 0.6 is 0 Å². The van der Waals surface area contributed by atoms with Gasteiger partial charge in [-0.15, -0.1) is 0 Å². The summed E-state index contributed by atoms with van der Waals surface area (Å²) in [6, 6.07) is 8.41. The molecular formula is C27H29FN6. The average molecular weight is 457 g/mol. The van der Waals surface area contributed by atoms with E-state index < -0.39 is 0 Å². The van der Waals surface area contributed by atoms with Crippen molar-refractivity contribution in [3.63, 3.8) is 0 Å². The summed E-state index contributed by atoms with van der Waals surface area (Å²) in [4.78, 5) is 20.7. The van der Waals surface area contributed by atoms with Crippen molar-refractivity contribution in [1.29, 1.82) is 0 Å². The monoisotopic (exact) mass is 456 g/mol. The molecular weight excluding hydrogens is 427 g/mol. The Hall–Kier alpha value is -3.19. The van der Waals surface area contributed by atoms with E-state index in [0.717, 1.165) is 22.8 Å². The molecule has 4 aromatic rings. The highest BCUT2D eigenvalue weighted by Gasteiger charge is 2.35. The summed E-state index contributed by atoms with van der Waals surface area (Å²) < 4.78 is 16.1. The van der Waals surface area contributed by atoms with Crippen LogP contribution in [0, 0.1) is 32.5 Å². The molecule has 0 radical (unpaired) electrons. The zero-order valence-electron chi connectivity index (χ0n) is 19.9. The molecule has 2 bridgehead atoms. The Kier molecular flexibility index (Phi) is 5.17. The number of pyridine rings is 1. The van der Waals surface area contributed by atoms with Crippen molar-refractivity contribution >= 4 is 11.2 Å². The first kappa shape index (κ1) is 21.4. The predicted octanol–water partition coefficient (Wildman–Crippen LogP) is 4.81. The molecule has 3 aromatic heterocycles. The molecule has 1 aromatic carbocycles. The Balaban J connectivity index is 1.41. The van der Waals surface area contributed by atoms with E-state index in [2.05, 4.69) is 44.6 Å². The molecule has 3 aliphatic heterocycles. The summed E-state index contributed by atoms with van der Waals surface area (Å²) in [6.45, 7) is 10.3. The van der Waals surface area contributed by atoms with E-state index in [4.69, 9.17) is 9.97 Å². The van der Waals surface area contributed by atoms with Gasteiger partial charge in [-0.25, -0.2) is 19.3 Å². The van der Waals surface area contributed by atoms with Crippen molar-refractivity contribution in [1.82, 2.24) is 29.4 Å². The number of imidazole rings is 1. The molecule has 1 unspecified atom stereocenters. The zero-order chi connectivity index (χ0) is 23.4. The van der Waals surface area contributed by atoms with Crippen LogP contribution in [0.5, 0.6) is 0 Å². The minimum Gasteiger partial charge on any atom is -0.304 e. The van der Waals surface area contributed by atoms with Gasteiger partial charge in [-0.05, 0) is 81.3 Å². The van der Waals surface area contributed by atoms with Crippen molar-refractivity contribution in [3.8, 4) is 11.4 Å². The largest absolute Gasteiger partial charge is 0.304 e. The Labute approximate surface area is 198 Å². The number of nitrogens with zero attached hydrogens (tertiary/aromatic N) is 6. The Morgan fingerprint density at radius 2 is 1.82 bits per heavy atom. The maximum Gasteiger partial charge on any atom is 0.164 e. The van der Waals surface area contributed by atoms with E-state index in [1.54, 1.807) is 6.20 Å². The highest BCUT2D eigenvalue weighted by atomic mass is 19.1. The fraction of sp³-hybridized carbons (Fsp3) is 0.407. The highest BCUT2D eigenvalue weighted by Crippen LogP contribution is 2.39. The molecule has 3 fully saturated rings. The quantitative estimate of drug-likeness (QED) is 0.441. The van der Waals surface area contributed by atoms with Crippen molar-refractivity contribution in [2.24, 2.45) is 5.92 Å². The zero-order valence-corrected chi connectivity index (χ0v) is 19.9. The molecule has 174 valence electrons. The summed E-state index contributed by atoms with van der Waals surface area (Å²) in [5.41, 5.74) is 6.90. The van der Waals surface area contributed by atoms with Crippen molar-refractivity contribution in [2.75, 3.05) is 19.6 Å². The third-order valence-corrected chi connectivity index (χ3v) is 7.62. The third-order valence-electron chi connectivity index (χ3n) is 7.62. The molecule has 0 N–H and O–H groups in total. The molecule has 7 rings (SSSR count). The number of aryl methyl sites for hydroxylation is 3. The Bertz CT molecular complexity index is 1390. The molecule has 34 heavy (non-hydrogen) atoms. The standard InChI is InChI=1S/C27H29FN6/c1-16-10-20(24-15-33-8-6-19(24)7-9-33)4-5-21(16)14-34-26(22-11-23(28)13-29-12-22)32-25-17(2)30-18(3)31-27(25)34/h4-5,10-13,19,24H,6-9,14-15H2,1-3H3. The van der Waals surface area contributed by atoms with Crippen LogP contribution in [-0.2, 0) is 6.54 Å². The van der Waals surface area contributed by atoms with Gasteiger partial charge in [-0.1, -0.05) is 18.2 Å². The molecule has 0 aliphatic carbocycles. The van der Waals surface area contributed by atoms with Gasteiger partial charge in [0.1, 0.15) is 23.0 Å². The van der Waals surface area contributed by atoms with Gasteiger partial charge in [0.25, 0.3) is 0 Å². The molecule has 0 saturated carbocycles. The molecule has 3 aliphatic rings. The van der Waals surface area contributed by atoms with Gasteiger partial charge >= 0.3 is 0 Å². The smallest absolute Gasteiger partial charge is 0.164 e. The van der Waals surface area contributed by atoms with Gasteiger partial charge < -0.3 is 9.47 Å². The topological polar surface area (TPSA) is 59.7 Å². The number of hydrogen-bond acceptors (Lipinski definition) is 5. The number of hydrogen-bond donors (Lipinski definition) is 0. The predicted molar refractivity (Wildman–Crippen MR) is 130 cm³/mol. The Morgan fingerprint density at radius 3 is 2.53 bits per heavy atom. The maximum absolute atomic E-state index is 14.0. The highest BCUT2D eigenvalue weighted by molar-refractivity contribution is 5.79. The molecule has 7 heteroatoms. The van der Waals surface area contributed by atoms with Crippen LogP contribution < -0.4 is 0 Å². The van der Waals surface area contributed by atoms with Crippen molar-refractivity contribution in [3.05, 3.63) is 70.7 Å². The number of rotatable bonds is 4. The van der Waals surface area contributed by atoms with Crippen LogP contribution in [0.1, 0.15) is 47.0 Å². The lowest BCUT2D eigenvalue weighted by Gasteiger charge is -2.45. The first-order chi connectivity index (χ1) is 16.5. The van der Waals surface area contributed by atoms with Crippen LogP contribution in [0.15, 0.2) is 36.7 Å². The maximum atomic E-state index is 14.0. The Morgan fingerprint density at radius 1 is 1.00 bits per heavy atom. The van der Waals surface area contributed by atoms with Gasteiger partial charge in [0.05, 0.1) is 18.4 Å². The van der Waals surface area contributed by atoms with Crippen molar-refractivity contribution < 1.29 is 4.39 Å². The lowest BCUT2D eigenvalue weighted by molar-refractivity contribution is 0.0871. The van der Waals surface area contributed by atoms with Gasteiger partial charge in [-0.3, -0.25) is 4.98 Å². The van der Waals surface area contributed by atoms with E-state index in [9.17, 15) is 4.39 Å². The van der Waals surface area contributed by atoms with Gasteiger partial charge in [-0.2, -0.15) is 0 Å². The van der Waals surface area contributed by atoms with Gasteiger partial charge in [0.15, 0.2) is 5.65 Å². The minimum atomic E-state index is -0.381. The second kappa shape index (κ2) is 8.24. The van der Waals surface area contributed by atoms with Crippen LogP contribution in [0.25, 0.3) is 22.6 Å². The van der Waals surface area contributed by atoms with Crippen molar-refractivity contribution in [2.45, 2.75) is 46.1 Å². The third kappa shape index (κ3) is 3.68. The van der Waals surface area contributed by atoms with Crippen LogP contribution in [0.3, 0.4) is 0 Å². The second-order valence-corrected chi connectivity index (χ2v) is 9.87. The average Bonchev–Trinajstić information content (AvgIpc) is 3.19. The molecule has 3 saturated heterocycles. The number of benzene rings is 1. The second-order valence-electron chi connectivity index (χ2n) is 9.87. The van der Waals surface area contributed by atoms with Crippen LogP contribution in [0.4, 0.5) is 4.39 Å². The minimum absolute atomic E-state index is 0.381. The molecule has 6 nitrogen and oxygen atoms in total. The van der Waals surface area contributed by atoms with Gasteiger partial charge in [0.2, 0.25) is 0 Å². The van der Waals surface area contributed by atoms with E-state index in [1.165, 1.54) is 61.4 Å². The van der Waals surface area contributed by atoms with Crippen LogP contribution in [0.2, 0.25) is 0 Å². The number of piperidine rings is 3. The SMILES string of the molecule is Cc1nc(C)c2nc(-c3cncc(F)c3)n(Cc3ccc(C4CN5CCC4CC5)cc3C)c2n1. The number of fused-ring (bicyclic) bond motifs is 4. The molecule has 6 heterocycles. The van der Waals surface area contributed by atoms with Gasteiger partial charge in [0, 0.05) is 18.3 Å². The van der Waals surface area contributed by atoms with E-state index in [-0.39, 0.29) is 5.82 Å². The van der Waals surface area contributed by atoms with E-state index in [1.807, 2.05) is 13.8 Å². The first-order valence-electron chi connectivity index (χ1n) is 12.1. The molecule has 0 spiro atoms. The molecule has 0 amide bonds. The summed E-state index contributed by atoms with van der Waals surface area (Å²) >= 11 is 0. The normalized spacial score (nSPS) is 21.9. The lowest BCUT2D eigenvalue weighted by Crippen LogP contribution is -2.46. The summed E-state index contributed by atoms with van der Waals surface area (Å²) in [5.74, 6) is 2.42. The van der Waals surface area contributed by atoms with E-state index >= 15 is 0 Å². The first-order valence-corrected chi connectivity index (χ1v) is 12.1. The summed E-state index contributed by atoms with van der Waals surface area (Å²) in [7, 11) is 0. The summed E-state index contributed by atoms with van der Waals surface area (Å²) in [6.07, 6.45) is 5.49. The number of halogens is 1. The fourth-order valence-corrected chi connectivity index (χ4v) is 5.82.